The fraction of sp³-hybridized carbons (Fsp3) is 0.600. The van der Waals surface area contributed by atoms with Crippen molar-refractivity contribution in [3.8, 4) is 0 Å². The first-order valence-corrected chi connectivity index (χ1v) is 6.07. The summed E-state index contributed by atoms with van der Waals surface area (Å²) < 4.78 is 13.6. The Labute approximate surface area is 99.9 Å². The fourth-order valence-corrected chi connectivity index (χ4v) is 1.40. The van der Waals surface area contributed by atoms with Crippen molar-refractivity contribution in [3.63, 3.8) is 0 Å². The number of hydrogen-bond donors (Lipinski definition) is 0. The Bertz CT molecular complexity index is 267. The van der Waals surface area contributed by atoms with Crippen LogP contribution in [-0.4, -0.2) is 0 Å². The highest BCUT2D eigenvalue weighted by Crippen LogP contribution is 2.20. The third-order valence-electron chi connectivity index (χ3n) is 2.76. The lowest BCUT2D eigenvalue weighted by molar-refractivity contribution is 0.524. The summed E-state index contributed by atoms with van der Waals surface area (Å²) in [6.45, 7) is 11.8. The van der Waals surface area contributed by atoms with Crippen molar-refractivity contribution < 1.29 is 4.39 Å². The summed E-state index contributed by atoms with van der Waals surface area (Å²) in [5.74, 6) is 0.465. The first kappa shape index (κ1) is 15.2. The van der Waals surface area contributed by atoms with E-state index in [2.05, 4.69) is 33.4 Å². The molecule has 1 atom stereocenters. The van der Waals surface area contributed by atoms with Gasteiger partial charge in [0.15, 0.2) is 0 Å². The Morgan fingerprint density at radius 2 is 1.88 bits per heavy atom. The molecule has 1 heteroatoms. The predicted molar refractivity (Wildman–Crippen MR) is 71.1 cm³/mol. The van der Waals surface area contributed by atoms with Crippen LogP contribution in [-0.2, 0) is 0 Å². The SMILES string of the molecule is C=CC(C)CCC(F)=C(C)CCC=C(C)C. The van der Waals surface area contributed by atoms with E-state index in [4.69, 9.17) is 0 Å². The van der Waals surface area contributed by atoms with Gasteiger partial charge in [-0.15, -0.1) is 6.58 Å². The molecule has 16 heavy (non-hydrogen) atoms. The van der Waals surface area contributed by atoms with Gasteiger partial charge in [0.05, 0.1) is 5.83 Å². The Morgan fingerprint density at radius 3 is 2.38 bits per heavy atom. The van der Waals surface area contributed by atoms with Crippen LogP contribution in [0.3, 0.4) is 0 Å². The van der Waals surface area contributed by atoms with Gasteiger partial charge in [0, 0.05) is 0 Å². The molecule has 0 rings (SSSR count). The minimum absolute atomic E-state index is 0.0656. The van der Waals surface area contributed by atoms with Gasteiger partial charge in [-0.05, 0) is 57.9 Å². The van der Waals surface area contributed by atoms with Gasteiger partial charge in [-0.3, -0.25) is 0 Å². The van der Waals surface area contributed by atoms with E-state index in [-0.39, 0.29) is 5.83 Å². The molecule has 0 aromatic heterocycles. The van der Waals surface area contributed by atoms with Crippen molar-refractivity contribution >= 4 is 0 Å². The van der Waals surface area contributed by atoms with E-state index in [1.165, 1.54) is 5.57 Å². The van der Waals surface area contributed by atoms with Crippen molar-refractivity contribution in [1.29, 1.82) is 0 Å². The molecule has 0 N–H and O–H groups in total. The summed E-state index contributed by atoms with van der Waals surface area (Å²) in [7, 11) is 0. The Morgan fingerprint density at radius 1 is 1.25 bits per heavy atom. The minimum Gasteiger partial charge on any atom is -0.212 e. The maximum atomic E-state index is 13.6. The van der Waals surface area contributed by atoms with Gasteiger partial charge in [-0.25, -0.2) is 4.39 Å². The van der Waals surface area contributed by atoms with E-state index >= 15 is 0 Å². The lowest BCUT2D eigenvalue weighted by Gasteiger charge is -2.06. The quantitative estimate of drug-likeness (QED) is 0.495. The number of hydrogen-bond acceptors (Lipinski definition) is 0. The molecule has 0 aromatic carbocycles. The van der Waals surface area contributed by atoms with Crippen molar-refractivity contribution in [2.45, 2.75) is 53.4 Å². The van der Waals surface area contributed by atoms with Gasteiger partial charge < -0.3 is 0 Å². The van der Waals surface area contributed by atoms with Crippen LogP contribution in [0.4, 0.5) is 4.39 Å². The zero-order chi connectivity index (χ0) is 12.6. The summed E-state index contributed by atoms with van der Waals surface area (Å²) in [5.41, 5.74) is 2.20. The summed E-state index contributed by atoms with van der Waals surface area (Å²) in [4.78, 5) is 0. The number of allylic oxidation sites excluding steroid dienone is 5. The van der Waals surface area contributed by atoms with Gasteiger partial charge >= 0.3 is 0 Å². The monoisotopic (exact) mass is 224 g/mol. The van der Waals surface area contributed by atoms with Crippen LogP contribution in [0.1, 0.15) is 53.4 Å². The molecule has 92 valence electrons. The number of halogens is 1. The van der Waals surface area contributed by atoms with Crippen LogP contribution < -0.4 is 0 Å². The van der Waals surface area contributed by atoms with Crippen LogP contribution in [0.25, 0.3) is 0 Å². The van der Waals surface area contributed by atoms with Crippen LogP contribution in [0.15, 0.2) is 35.7 Å². The second kappa shape index (κ2) is 8.32. The molecule has 0 aliphatic carbocycles. The molecule has 0 saturated heterocycles. The molecular formula is C15H25F. The molecule has 0 heterocycles. The second-order valence-corrected chi connectivity index (χ2v) is 4.76. The highest BCUT2D eigenvalue weighted by molar-refractivity contribution is 5.07. The smallest absolute Gasteiger partial charge is 0.0989 e. The Kier molecular flexibility index (Phi) is 7.88. The summed E-state index contributed by atoms with van der Waals surface area (Å²) >= 11 is 0. The molecular weight excluding hydrogens is 199 g/mol. The molecule has 0 saturated carbocycles. The van der Waals surface area contributed by atoms with Crippen molar-refractivity contribution in [3.05, 3.63) is 35.7 Å². The third kappa shape index (κ3) is 7.44. The Balaban J connectivity index is 4.04. The van der Waals surface area contributed by atoms with Crippen LogP contribution in [0, 0.1) is 5.92 Å². The normalized spacial score (nSPS) is 14.1. The molecule has 0 spiro atoms. The van der Waals surface area contributed by atoms with E-state index in [1.54, 1.807) is 0 Å². The third-order valence-corrected chi connectivity index (χ3v) is 2.76. The van der Waals surface area contributed by atoms with E-state index in [1.807, 2.05) is 13.0 Å². The topological polar surface area (TPSA) is 0 Å². The molecule has 0 nitrogen and oxygen atoms in total. The van der Waals surface area contributed by atoms with Crippen LogP contribution in [0.5, 0.6) is 0 Å². The van der Waals surface area contributed by atoms with Crippen molar-refractivity contribution in [2.75, 3.05) is 0 Å². The van der Waals surface area contributed by atoms with Gasteiger partial charge in [-0.2, -0.15) is 0 Å². The minimum atomic E-state index is 0.0656. The zero-order valence-corrected chi connectivity index (χ0v) is 11.1. The van der Waals surface area contributed by atoms with Crippen LogP contribution >= 0.6 is 0 Å². The average molecular weight is 224 g/mol. The molecule has 0 radical (unpaired) electrons. The van der Waals surface area contributed by atoms with E-state index in [0.717, 1.165) is 24.8 Å². The van der Waals surface area contributed by atoms with E-state index in [0.29, 0.717) is 12.3 Å². The molecule has 0 bridgehead atoms. The van der Waals surface area contributed by atoms with E-state index < -0.39 is 0 Å². The molecule has 1 unspecified atom stereocenters. The highest BCUT2D eigenvalue weighted by Gasteiger charge is 2.03. The first-order valence-electron chi connectivity index (χ1n) is 6.07. The summed E-state index contributed by atoms with van der Waals surface area (Å²) in [5, 5.41) is 0. The van der Waals surface area contributed by atoms with E-state index in [9.17, 15) is 4.39 Å². The molecule has 0 fully saturated rings. The summed E-state index contributed by atoms with van der Waals surface area (Å²) in [6.07, 6.45) is 7.22. The van der Waals surface area contributed by atoms with Crippen molar-refractivity contribution in [2.24, 2.45) is 5.92 Å². The second-order valence-electron chi connectivity index (χ2n) is 4.76. The largest absolute Gasteiger partial charge is 0.212 e. The maximum absolute atomic E-state index is 13.6. The van der Waals surface area contributed by atoms with Gasteiger partial charge in [0.1, 0.15) is 0 Å². The first-order chi connectivity index (χ1) is 7.47. The molecule has 0 aliphatic heterocycles. The molecule has 0 aromatic rings. The average Bonchev–Trinajstić information content (AvgIpc) is 2.24. The van der Waals surface area contributed by atoms with Crippen LogP contribution in [0.2, 0.25) is 0 Å². The number of rotatable bonds is 7. The van der Waals surface area contributed by atoms with Gasteiger partial charge in [-0.1, -0.05) is 24.6 Å². The van der Waals surface area contributed by atoms with Gasteiger partial charge in [0.2, 0.25) is 0 Å². The van der Waals surface area contributed by atoms with Crippen molar-refractivity contribution in [1.82, 2.24) is 0 Å². The van der Waals surface area contributed by atoms with Gasteiger partial charge in [0.25, 0.3) is 0 Å². The zero-order valence-electron chi connectivity index (χ0n) is 11.1. The molecule has 0 aliphatic rings. The highest BCUT2D eigenvalue weighted by atomic mass is 19.1. The summed E-state index contributed by atoms with van der Waals surface area (Å²) in [6, 6.07) is 0. The standard InChI is InChI=1S/C15H25F/c1-6-13(4)10-11-15(16)14(5)9-7-8-12(2)3/h6,8,13H,1,7,9-11H2,2-5H3. The lowest BCUT2D eigenvalue weighted by atomic mass is 10.0. The lowest BCUT2D eigenvalue weighted by Crippen LogP contribution is -1.91. The fourth-order valence-electron chi connectivity index (χ4n) is 1.40. The maximum Gasteiger partial charge on any atom is 0.0989 e. The Hall–Kier alpha value is -0.850. The predicted octanol–water partition coefficient (Wildman–Crippen LogP) is 5.58. The molecule has 0 amide bonds.